The number of hydrogen-bond donors (Lipinski definition) is 2. The van der Waals surface area contributed by atoms with E-state index in [-0.39, 0.29) is 22.9 Å². The van der Waals surface area contributed by atoms with Crippen LogP contribution in [0, 0.1) is 11.6 Å². The molecule has 2 rings (SSSR count). The SMILES string of the molecule is Nc1nc(Cl)nc(Nc2cccc(F)c2F)n1. The Bertz CT molecular complexity index is 543. The summed E-state index contributed by atoms with van der Waals surface area (Å²) in [6.07, 6.45) is 0. The first kappa shape index (κ1) is 11.5. The monoisotopic (exact) mass is 257 g/mol. The lowest BCUT2D eigenvalue weighted by Gasteiger charge is -2.06. The van der Waals surface area contributed by atoms with Gasteiger partial charge in [0.05, 0.1) is 5.69 Å². The maximum Gasteiger partial charge on any atom is 0.233 e. The topological polar surface area (TPSA) is 76.7 Å². The van der Waals surface area contributed by atoms with Gasteiger partial charge in [0.1, 0.15) is 0 Å². The molecule has 1 aromatic heterocycles. The quantitative estimate of drug-likeness (QED) is 0.862. The normalized spacial score (nSPS) is 10.3. The average Bonchev–Trinajstić information content (AvgIpc) is 2.23. The summed E-state index contributed by atoms with van der Waals surface area (Å²) in [5, 5.41) is 2.31. The number of benzene rings is 1. The van der Waals surface area contributed by atoms with E-state index in [1.807, 2.05) is 0 Å². The average molecular weight is 258 g/mol. The van der Waals surface area contributed by atoms with E-state index in [4.69, 9.17) is 17.3 Å². The molecule has 0 bridgehead atoms. The van der Waals surface area contributed by atoms with Crippen molar-refractivity contribution in [3.63, 3.8) is 0 Å². The predicted octanol–water partition coefficient (Wildman–Crippen LogP) is 2.13. The van der Waals surface area contributed by atoms with Crippen LogP contribution in [-0.4, -0.2) is 15.0 Å². The molecule has 0 radical (unpaired) electrons. The first-order valence-electron chi connectivity index (χ1n) is 4.44. The van der Waals surface area contributed by atoms with Gasteiger partial charge in [0.25, 0.3) is 0 Å². The van der Waals surface area contributed by atoms with Crippen LogP contribution in [0.5, 0.6) is 0 Å². The van der Waals surface area contributed by atoms with Gasteiger partial charge in [-0.3, -0.25) is 0 Å². The molecule has 3 N–H and O–H groups in total. The zero-order valence-electron chi connectivity index (χ0n) is 8.28. The molecule has 0 unspecified atom stereocenters. The number of halogens is 3. The van der Waals surface area contributed by atoms with Crippen LogP contribution in [0.25, 0.3) is 0 Å². The zero-order chi connectivity index (χ0) is 12.4. The minimum Gasteiger partial charge on any atom is -0.368 e. The summed E-state index contributed by atoms with van der Waals surface area (Å²) in [5.41, 5.74) is 5.21. The van der Waals surface area contributed by atoms with Gasteiger partial charge in [-0.15, -0.1) is 0 Å². The second-order valence-corrected chi connectivity index (χ2v) is 3.35. The van der Waals surface area contributed by atoms with Crippen molar-refractivity contribution < 1.29 is 8.78 Å². The van der Waals surface area contributed by atoms with E-state index in [9.17, 15) is 8.78 Å². The molecule has 2 aromatic rings. The Hall–Kier alpha value is -2.02. The fraction of sp³-hybridized carbons (Fsp3) is 0. The molecule has 0 saturated carbocycles. The fourth-order valence-electron chi connectivity index (χ4n) is 1.14. The molecular formula is C9H6ClF2N5. The Morgan fingerprint density at radius 1 is 1.18 bits per heavy atom. The van der Waals surface area contributed by atoms with Crippen molar-refractivity contribution in [1.82, 2.24) is 15.0 Å². The van der Waals surface area contributed by atoms with E-state index < -0.39 is 11.6 Å². The number of hydrogen-bond acceptors (Lipinski definition) is 5. The molecule has 1 heterocycles. The highest BCUT2D eigenvalue weighted by Crippen LogP contribution is 2.20. The van der Waals surface area contributed by atoms with Gasteiger partial charge < -0.3 is 11.1 Å². The van der Waals surface area contributed by atoms with Crippen LogP contribution in [0.15, 0.2) is 18.2 Å². The van der Waals surface area contributed by atoms with Crippen LogP contribution in [0.3, 0.4) is 0 Å². The molecule has 1 aromatic carbocycles. The molecule has 0 aliphatic rings. The number of nitrogen functional groups attached to an aromatic ring is 1. The number of anilines is 3. The minimum absolute atomic E-state index is 0.0630. The summed E-state index contributed by atoms with van der Waals surface area (Å²) in [6.45, 7) is 0. The van der Waals surface area contributed by atoms with Gasteiger partial charge in [-0.1, -0.05) is 6.07 Å². The van der Waals surface area contributed by atoms with E-state index in [1.54, 1.807) is 0 Å². The van der Waals surface area contributed by atoms with Crippen LogP contribution in [0.4, 0.5) is 26.4 Å². The van der Waals surface area contributed by atoms with Crippen molar-refractivity contribution in [1.29, 1.82) is 0 Å². The van der Waals surface area contributed by atoms with Gasteiger partial charge in [0, 0.05) is 0 Å². The van der Waals surface area contributed by atoms with Crippen LogP contribution >= 0.6 is 11.6 Å². The summed E-state index contributed by atoms with van der Waals surface area (Å²) in [7, 11) is 0. The molecule has 0 aliphatic heterocycles. The van der Waals surface area contributed by atoms with Crippen LogP contribution in [0.2, 0.25) is 5.28 Å². The molecule has 17 heavy (non-hydrogen) atoms. The first-order valence-corrected chi connectivity index (χ1v) is 4.82. The van der Waals surface area contributed by atoms with Crippen molar-refractivity contribution >= 4 is 29.2 Å². The zero-order valence-corrected chi connectivity index (χ0v) is 9.04. The van der Waals surface area contributed by atoms with Crippen LogP contribution in [-0.2, 0) is 0 Å². The highest BCUT2D eigenvalue weighted by atomic mass is 35.5. The van der Waals surface area contributed by atoms with E-state index in [0.29, 0.717) is 0 Å². The molecule has 5 nitrogen and oxygen atoms in total. The largest absolute Gasteiger partial charge is 0.368 e. The standard InChI is InChI=1S/C9H6ClF2N5/c10-7-15-8(13)17-9(16-7)14-5-3-1-2-4(11)6(5)12/h1-3H,(H3,13,14,15,16,17). The Morgan fingerprint density at radius 2 is 1.94 bits per heavy atom. The number of nitrogens with two attached hydrogens (primary N) is 1. The predicted molar refractivity (Wildman–Crippen MR) is 58.9 cm³/mol. The van der Waals surface area contributed by atoms with E-state index in [1.165, 1.54) is 12.1 Å². The summed E-state index contributed by atoms with van der Waals surface area (Å²) < 4.78 is 26.2. The van der Waals surface area contributed by atoms with Gasteiger partial charge in [-0.05, 0) is 23.7 Å². The molecule has 0 amide bonds. The van der Waals surface area contributed by atoms with Crippen LogP contribution < -0.4 is 11.1 Å². The van der Waals surface area contributed by atoms with Crippen molar-refractivity contribution in [2.45, 2.75) is 0 Å². The van der Waals surface area contributed by atoms with Crippen molar-refractivity contribution in [3.8, 4) is 0 Å². The Morgan fingerprint density at radius 3 is 2.65 bits per heavy atom. The number of aromatic nitrogens is 3. The van der Waals surface area contributed by atoms with Gasteiger partial charge in [-0.2, -0.15) is 15.0 Å². The van der Waals surface area contributed by atoms with Gasteiger partial charge >= 0.3 is 0 Å². The summed E-state index contributed by atoms with van der Waals surface area (Å²) in [5.74, 6) is -2.21. The number of nitrogens with one attached hydrogen (secondary N) is 1. The molecule has 0 fully saturated rings. The van der Waals surface area contributed by atoms with Gasteiger partial charge in [0.15, 0.2) is 11.6 Å². The fourth-order valence-corrected chi connectivity index (χ4v) is 1.31. The van der Waals surface area contributed by atoms with Crippen molar-refractivity contribution in [2.24, 2.45) is 0 Å². The summed E-state index contributed by atoms with van der Waals surface area (Å²) in [6, 6.07) is 3.66. The van der Waals surface area contributed by atoms with Gasteiger partial charge in [-0.25, -0.2) is 8.78 Å². The maximum atomic E-state index is 13.3. The number of rotatable bonds is 2. The maximum absolute atomic E-state index is 13.3. The molecule has 0 saturated heterocycles. The second-order valence-electron chi connectivity index (χ2n) is 3.01. The lowest BCUT2D eigenvalue weighted by molar-refractivity contribution is 0.511. The molecule has 8 heteroatoms. The molecule has 88 valence electrons. The van der Waals surface area contributed by atoms with Crippen molar-refractivity contribution in [3.05, 3.63) is 35.1 Å². The highest BCUT2D eigenvalue weighted by Gasteiger charge is 2.09. The van der Waals surface area contributed by atoms with E-state index in [2.05, 4.69) is 20.3 Å². The Kier molecular flexibility index (Phi) is 3.01. The lowest BCUT2D eigenvalue weighted by atomic mass is 10.3. The van der Waals surface area contributed by atoms with Crippen molar-refractivity contribution in [2.75, 3.05) is 11.1 Å². The molecular weight excluding hydrogens is 252 g/mol. The summed E-state index contributed by atoms with van der Waals surface area (Å²) in [4.78, 5) is 10.9. The molecule has 0 aliphatic carbocycles. The third-order valence-corrected chi connectivity index (χ3v) is 1.99. The first-order chi connectivity index (χ1) is 8.06. The minimum atomic E-state index is -1.04. The highest BCUT2D eigenvalue weighted by molar-refractivity contribution is 6.28. The van der Waals surface area contributed by atoms with Crippen LogP contribution in [0.1, 0.15) is 0 Å². The van der Waals surface area contributed by atoms with E-state index in [0.717, 1.165) is 6.07 Å². The Balaban J connectivity index is 2.34. The third-order valence-electron chi connectivity index (χ3n) is 1.82. The molecule has 0 atom stereocenters. The smallest absolute Gasteiger partial charge is 0.233 e. The summed E-state index contributed by atoms with van der Waals surface area (Å²) >= 11 is 5.54. The third kappa shape index (κ3) is 2.56. The second kappa shape index (κ2) is 4.46. The lowest BCUT2D eigenvalue weighted by Crippen LogP contribution is -2.04. The van der Waals surface area contributed by atoms with E-state index >= 15 is 0 Å². The molecule has 0 spiro atoms. The Labute approximate surface area is 99.7 Å². The van der Waals surface area contributed by atoms with Gasteiger partial charge in [0.2, 0.25) is 17.2 Å². The number of nitrogens with zero attached hydrogens (tertiary/aromatic N) is 3.